The highest BCUT2D eigenvalue weighted by Crippen LogP contribution is 2.25. The predicted molar refractivity (Wildman–Crippen MR) is 84.1 cm³/mol. The fourth-order valence-corrected chi connectivity index (χ4v) is 1.91. The summed E-state index contributed by atoms with van der Waals surface area (Å²) in [5, 5.41) is 31.7. The molecule has 1 rings (SSSR count). The Balaban J connectivity index is 2.66. The van der Waals surface area contributed by atoms with Gasteiger partial charge < -0.3 is 30.1 Å². The van der Waals surface area contributed by atoms with E-state index in [9.17, 15) is 20.1 Å². The van der Waals surface area contributed by atoms with Crippen LogP contribution in [0.1, 0.15) is 38.0 Å². The first-order valence-electron chi connectivity index (χ1n) is 7.28. The summed E-state index contributed by atoms with van der Waals surface area (Å²) in [6.45, 7) is 4.83. The number of ether oxygens (including phenoxy) is 2. The second-order valence-corrected chi connectivity index (χ2v) is 6.12. The third kappa shape index (κ3) is 6.05. The van der Waals surface area contributed by atoms with Crippen molar-refractivity contribution in [2.75, 3.05) is 13.7 Å². The van der Waals surface area contributed by atoms with E-state index in [1.165, 1.54) is 13.2 Å². The van der Waals surface area contributed by atoms with Crippen LogP contribution in [0, 0.1) is 0 Å². The molecule has 7 heteroatoms. The van der Waals surface area contributed by atoms with Gasteiger partial charge in [0, 0.05) is 12.1 Å². The molecule has 0 aliphatic heterocycles. The number of nitrogens with one attached hydrogen (secondary N) is 1. The summed E-state index contributed by atoms with van der Waals surface area (Å²) < 4.78 is 10.2. The lowest BCUT2D eigenvalue weighted by atomic mass is 10.0. The van der Waals surface area contributed by atoms with E-state index in [1.54, 1.807) is 32.9 Å². The molecule has 23 heavy (non-hydrogen) atoms. The summed E-state index contributed by atoms with van der Waals surface area (Å²) in [5.74, 6) is 0.413. The van der Waals surface area contributed by atoms with Gasteiger partial charge >= 0.3 is 6.09 Å². The minimum atomic E-state index is -1.22. The summed E-state index contributed by atoms with van der Waals surface area (Å²) in [5.41, 5.74) is 0.351. The second kappa shape index (κ2) is 8.14. The van der Waals surface area contributed by atoms with Crippen molar-refractivity contribution < 1.29 is 29.6 Å². The van der Waals surface area contributed by atoms with Crippen LogP contribution in [0.15, 0.2) is 18.2 Å². The molecule has 0 saturated heterocycles. The Morgan fingerprint density at radius 1 is 1.30 bits per heavy atom. The summed E-state index contributed by atoms with van der Waals surface area (Å²) in [6.07, 6.45) is -3.10. The van der Waals surface area contributed by atoms with Crippen molar-refractivity contribution in [2.24, 2.45) is 0 Å². The number of hydrogen-bond acceptors (Lipinski definition) is 6. The van der Waals surface area contributed by atoms with Gasteiger partial charge in [0.2, 0.25) is 0 Å². The van der Waals surface area contributed by atoms with Crippen LogP contribution < -0.4 is 10.1 Å². The number of amides is 1. The Labute approximate surface area is 135 Å². The van der Waals surface area contributed by atoms with Crippen LogP contribution in [0.25, 0.3) is 0 Å². The molecule has 1 aromatic carbocycles. The van der Waals surface area contributed by atoms with Gasteiger partial charge in [0.15, 0.2) is 0 Å². The maximum atomic E-state index is 11.5. The fourth-order valence-electron chi connectivity index (χ4n) is 1.91. The number of rotatable bonds is 6. The summed E-state index contributed by atoms with van der Waals surface area (Å²) in [4.78, 5) is 11.5. The van der Waals surface area contributed by atoms with Crippen molar-refractivity contribution in [2.45, 2.75) is 45.2 Å². The highest BCUT2D eigenvalue weighted by atomic mass is 16.6. The Bertz CT molecular complexity index is 526. The van der Waals surface area contributed by atoms with Crippen molar-refractivity contribution in [3.63, 3.8) is 0 Å². The zero-order valence-corrected chi connectivity index (χ0v) is 13.9. The van der Waals surface area contributed by atoms with Crippen molar-refractivity contribution >= 4 is 6.09 Å². The lowest BCUT2D eigenvalue weighted by molar-refractivity contribution is 0.0128. The molecule has 0 aliphatic rings. The molecule has 1 aromatic rings. The molecule has 0 fully saturated rings. The first-order chi connectivity index (χ1) is 10.7. The number of benzene rings is 1. The van der Waals surface area contributed by atoms with Gasteiger partial charge in [0.25, 0.3) is 0 Å². The molecule has 2 unspecified atom stereocenters. The van der Waals surface area contributed by atoms with Crippen molar-refractivity contribution in [1.29, 1.82) is 0 Å². The Hall–Kier alpha value is -1.83. The SMILES string of the molecule is COc1cc(C(O)C(O)CNC(=O)OC(C)(C)C)ccc1CO. The van der Waals surface area contributed by atoms with Crippen molar-refractivity contribution in [3.05, 3.63) is 29.3 Å². The molecule has 0 saturated carbocycles. The molecular formula is C16H25NO6. The van der Waals surface area contributed by atoms with Gasteiger partial charge in [-0.15, -0.1) is 0 Å². The molecule has 1 amide bonds. The fraction of sp³-hybridized carbons (Fsp3) is 0.562. The first-order valence-corrected chi connectivity index (χ1v) is 7.28. The molecule has 4 N–H and O–H groups in total. The van der Waals surface area contributed by atoms with Gasteiger partial charge in [-0.05, 0) is 32.4 Å². The van der Waals surface area contributed by atoms with Crippen LogP contribution in [0.3, 0.4) is 0 Å². The minimum Gasteiger partial charge on any atom is -0.496 e. The maximum Gasteiger partial charge on any atom is 0.407 e. The Kier molecular flexibility index (Phi) is 6.80. The van der Waals surface area contributed by atoms with E-state index in [1.807, 2.05) is 0 Å². The van der Waals surface area contributed by atoms with Crippen LogP contribution in [-0.2, 0) is 11.3 Å². The molecular weight excluding hydrogens is 302 g/mol. The average molecular weight is 327 g/mol. The van der Waals surface area contributed by atoms with Crippen molar-refractivity contribution in [3.8, 4) is 5.75 Å². The lowest BCUT2D eigenvalue weighted by Gasteiger charge is -2.22. The molecule has 130 valence electrons. The number of methoxy groups -OCH3 is 1. The predicted octanol–water partition coefficient (Wildman–Crippen LogP) is 1.11. The number of carbonyl (C=O) groups is 1. The molecule has 7 nitrogen and oxygen atoms in total. The average Bonchev–Trinajstić information content (AvgIpc) is 2.49. The molecule has 0 spiro atoms. The zero-order valence-electron chi connectivity index (χ0n) is 13.9. The normalized spacial score (nSPS) is 14.0. The van der Waals surface area contributed by atoms with Crippen LogP contribution in [0.4, 0.5) is 4.79 Å². The van der Waals surface area contributed by atoms with E-state index < -0.39 is 23.9 Å². The molecule has 0 aromatic heterocycles. The molecule has 0 bridgehead atoms. The van der Waals surface area contributed by atoms with Crippen LogP contribution >= 0.6 is 0 Å². The Morgan fingerprint density at radius 3 is 2.48 bits per heavy atom. The number of hydrogen-bond donors (Lipinski definition) is 4. The summed E-state index contributed by atoms with van der Waals surface area (Å²) in [6, 6.07) is 4.72. The smallest absolute Gasteiger partial charge is 0.407 e. The van der Waals surface area contributed by atoms with E-state index in [0.717, 1.165) is 0 Å². The highest BCUT2D eigenvalue weighted by molar-refractivity contribution is 5.67. The molecule has 2 atom stereocenters. The monoisotopic (exact) mass is 327 g/mol. The van der Waals surface area contributed by atoms with Gasteiger partial charge in [-0.2, -0.15) is 0 Å². The number of alkyl carbamates (subject to hydrolysis) is 1. The first kappa shape index (κ1) is 19.2. The summed E-state index contributed by atoms with van der Waals surface area (Å²) >= 11 is 0. The number of aliphatic hydroxyl groups excluding tert-OH is 3. The number of carbonyl (C=O) groups excluding carboxylic acids is 1. The summed E-state index contributed by atoms with van der Waals surface area (Å²) in [7, 11) is 1.45. The van der Waals surface area contributed by atoms with E-state index in [2.05, 4.69) is 5.32 Å². The standard InChI is InChI=1S/C16H25NO6/c1-16(2,3)23-15(21)17-8-12(19)14(20)10-5-6-11(9-18)13(7-10)22-4/h5-7,12,14,18-20H,8-9H2,1-4H3,(H,17,21). The maximum absolute atomic E-state index is 11.5. The van der Waals surface area contributed by atoms with E-state index >= 15 is 0 Å². The third-order valence-corrected chi connectivity index (χ3v) is 3.04. The lowest BCUT2D eigenvalue weighted by Crippen LogP contribution is -2.38. The van der Waals surface area contributed by atoms with E-state index in [4.69, 9.17) is 9.47 Å². The van der Waals surface area contributed by atoms with Crippen LogP contribution in [0.2, 0.25) is 0 Å². The van der Waals surface area contributed by atoms with Crippen LogP contribution in [0.5, 0.6) is 5.75 Å². The van der Waals surface area contributed by atoms with Gasteiger partial charge in [-0.25, -0.2) is 4.79 Å². The Morgan fingerprint density at radius 2 is 1.96 bits per heavy atom. The molecule has 0 radical (unpaired) electrons. The van der Waals surface area contributed by atoms with Crippen molar-refractivity contribution in [1.82, 2.24) is 5.32 Å². The highest BCUT2D eigenvalue weighted by Gasteiger charge is 2.22. The molecule has 0 aliphatic carbocycles. The van der Waals surface area contributed by atoms with Gasteiger partial charge in [0.1, 0.15) is 23.6 Å². The van der Waals surface area contributed by atoms with Gasteiger partial charge in [-0.1, -0.05) is 12.1 Å². The number of aliphatic hydroxyl groups is 3. The second-order valence-electron chi connectivity index (χ2n) is 6.12. The quantitative estimate of drug-likeness (QED) is 0.623. The largest absolute Gasteiger partial charge is 0.496 e. The van der Waals surface area contributed by atoms with E-state index in [-0.39, 0.29) is 13.2 Å². The van der Waals surface area contributed by atoms with E-state index in [0.29, 0.717) is 16.9 Å². The van der Waals surface area contributed by atoms with Gasteiger partial charge in [0.05, 0.1) is 13.7 Å². The van der Waals surface area contributed by atoms with Crippen LogP contribution in [-0.4, -0.2) is 46.8 Å². The minimum absolute atomic E-state index is 0.167. The molecule has 0 heterocycles. The third-order valence-electron chi connectivity index (χ3n) is 3.04. The van der Waals surface area contributed by atoms with Gasteiger partial charge in [-0.3, -0.25) is 0 Å². The topological polar surface area (TPSA) is 108 Å². The zero-order chi connectivity index (χ0) is 17.6.